The molecule has 0 aliphatic heterocycles. The predicted octanol–water partition coefficient (Wildman–Crippen LogP) is 7.69. The summed E-state index contributed by atoms with van der Waals surface area (Å²) in [4.78, 5) is 13.6. The van der Waals surface area contributed by atoms with Crippen LogP contribution in [-0.2, 0) is 12.7 Å². The van der Waals surface area contributed by atoms with Crippen molar-refractivity contribution in [3.63, 3.8) is 0 Å². The molecule has 0 spiro atoms. The van der Waals surface area contributed by atoms with E-state index in [1.165, 1.54) is 30.3 Å². The third-order valence-corrected chi connectivity index (χ3v) is 6.79. The number of pyridine rings is 1. The highest BCUT2D eigenvalue weighted by molar-refractivity contribution is 7.18. The molecule has 0 fully saturated rings. The molecular formula is C24H11ClF7N3OS. The summed E-state index contributed by atoms with van der Waals surface area (Å²) in [5.41, 5.74) is -4.63. The maximum absolute atomic E-state index is 14.3. The van der Waals surface area contributed by atoms with Crippen molar-refractivity contribution in [2.24, 2.45) is 0 Å². The summed E-state index contributed by atoms with van der Waals surface area (Å²) in [7, 11) is 0. The van der Waals surface area contributed by atoms with Gasteiger partial charge in [-0.15, -0.1) is 11.3 Å². The monoisotopic (exact) mass is 557 g/mol. The average molecular weight is 558 g/mol. The van der Waals surface area contributed by atoms with Crippen LogP contribution in [0.15, 0.2) is 59.4 Å². The van der Waals surface area contributed by atoms with Crippen molar-refractivity contribution in [3.8, 4) is 27.1 Å². The number of anilines is 1. The van der Waals surface area contributed by atoms with Crippen LogP contribution in [-0.4, -0.2) is 4.57 Å². The van der Waals surface area contributed by atoms with E-state index in [4.69, 9.17) is 11.6 Å². The number of hydrogen-bond donors (Lipinski definition) is 0. The van der Waals surface area contributed by atoms with Crippen LogP contribution < -0.4 is 10.9 Å². The van der Waals surface area contributed by atoms with Crippen molar-refractivity contribution < 1.29 is 30.9 Å². The molecule has 0 aliphatic carbocycles. The fourth-order valence-electron chi connectivity index (χ4n) is 3.59. The van der Waals surface area contributed by atoms with Gasteiger partial charge in [0.05, 0.1) is 27.7 Å². The first kappa shape index (κ1) is 26.2. The number of benzene rings is 2. The Morgan fingerprint density at radius 1 is 1.00 bits per heavy atom. The minimum atomic E-state index is -5.05. The van der Waals surface area contributed by atoms with Gasteiger partial charge in [-0.2, -0.15) is 18.4 Å². The fraction of sp³-hybridized carbons (Fsp3) is 0.0833. The Bertz CT molecular complexity index is 1610. The Morgan fingerprint density at radius 3 is 2.30 bits per heavy atom. The lowest BCUT2D eigenvalue weighted by atomic mass is 10.1. The van der Waals surface area contributed by atoms with Crippen LogP contribution in [0.4, 0.5) is 36.6 Å². The number of nitrogens with zero attached hydrogens (tertiary/aromatic N) is 3. The Balaban J connectivity index is 1.90. The second kappa shape index (κ2) is 9.91. The molecule has 2 aromatic carbocycles. The summed E-state index contributed by atoms with van der Waals surface area (Å²) in [6, 6.07) is 10.9. The van der Waals surface area contributed by atoms with Crippen molar-refractivity contribution in [2.75, 3.05) is 5.34 Å². The van der Waals surface area contributed by atoms with Crippen LogP contribution in [0.2, 0.25) is 5.02 Å². The van der Waals surface area contributed by atoms with Gasteiger partial charge in [-0.25, -0.2) is 8.78 Å². The Labute approximate surface area is 212 Å². The smallest absolute Gasteiger partial charge is 0.302 e. The molecule has 0 atom stereocenters. The van der Waals surface area contributed by atoms with Gasteiger partial charge in [-0.05, 0) is 47.3 Å². The molecule has 4 nitrogen and oxygen atoms in total. The highest BCUT2D eigenvalue weighted by atomic mass is 35.5. The van der Waals surface area contributed by atoms with Gasteiger partial charge in [-0.1, -0.05) is 32.7 Å². The zero-order valence-electron chi connectivity index (χ0n) is 18.1. The van der Waals surface area contributed by atoms with Crippen molar-refractivity contribution in [2.45, 2.75) is 12.7 Å². The first-order chi connectivity index (χ1) is 17.4. The molecule has 2 aromatic heterocycles. The molecule has 2 heterocycles. The zero-order valence-corrected chi connectivity index (χ0v) is 19.7. The van der Waals surface area contributed by atoms with Gasteiger partial charge >= 0.3 is 6.18 Å². The molecule has 0 bridgehead atoms. The number of nitriles is 1. The second-order valence-corrected chi connectivity index (χ2v) is 9.11. The third-order valence-electron chi connectivity index (χ3n) is 5.33. The number of halogens is 8. The molecule has 190 valence electrons. The van der Waals surface area contributed by atoms with Crippen LogP contribution >= 0.6 is 22.9 Å². The lowest BCUT2D eigenvalue weighted by Crippen LogP contribution is -2.28. The number of thiophene rings is 1. The van der Waals surface area contributed by atoms with E-state index in [9.17, 15) is 41.0 Å². The van der Waals surface area contributed by atoms with Crippen molar-refractivity contribution in [3.05, 3.63) is 98.3 Å². The maximum atomic E-state index is 14.3. The van der Waals surface area contributed by atoms with Gasteiger partial charge in [0.25, 0.3) is 5.56 Å². The molecule has 0 aliphatic rings. The average Bonchev–Trinajstić information content (AvgIpc) is 3.30. The SMILES string of the molecule is N#Cc1c(C(F)(F)F)cc(-c2ccc(-c3ccc(N(F)F)c(Cl)c3)s2)n(Cc2ccc(F)cc2F)c1=O. The summed E-state index contributed by atoms with van der Waals surface area (Å²) in [5.74, 6) is -1.93. The first-order valence-electron chi connectivity index (χ1n) is 10.1. The first-order valence-corrected chi connectivity index (χ1v) is 11.3. The van der Waals surface area contributed by atoms with Gasteiger partial charge in [0.1, 0.15) is 29.0 Å². The molecule has 0 saturated carbocycles. The molecule has 4 aromatic rings. The quantitative estimate of drug-likeness (QED) is 0.187. The molecule has 0 saturated heterocycles. The largest absolute Gasteiger partial charge is 0.417 e. The third kappa shape index (κ3) is 5.19. The molecule has 0 amide bonds. The van der Waals surface area contributed by atoms with Crippen LogP contribution in [0.1, 0.15) is 16.7 Å². The zero-order chi connectivity index (χ0) is 27.1. The van der Waals surface area contributed by atoms with Crippen molar-refractivity contribution in [1.82, 2.24) is 4.57 Å². The van der Waals surface area contributed by atoms with E-state index in [-0.39, 0.29) is 21.2 Å². The minimum Gasteiger partial charge on any atom is -0.302 e. The Kier molecular flexibility index (Phi) is 7.03. The standard InChI is InChI=1S/C24H11ClF7N3OS/c25-17-7-12(2-4-19(17)35(31)32)21-5-6-22(37-21)20-9-16(24(28,29)30)15(10-33)23(36)34(20)11-13-1-3-14(26)8-18(13)27/h1-9H,11H2. The van der Waals surface area contributed by atoms with Gasteiger partial charge in [0.15, 0.2) is 0 Å². The van der Waals surface area contributed by atoms with Crippen molar-refractivity contribution in [1.29, 1.82) is 5.26 Å². The van der Waals surface area contributed by atoms with Gasteiger partial charge in [0.2, 0.25) is 0 Å². The highest BCUT2D eigenvalue weighted by Gasteiger charge is 2.37. The molecule has 13 heteroatoms. The highest BCUT2D eigenvalue weighted by Crippen LogP contribution is 2.40. The molecule has 0 unspecified atom stereocenters. The number of hydrogen-bond acceptors (Lipinski definition) is 4. The lowest BCUT2D eigenvalue weighted by Gasteiger charge is -2.17. The normalized spacial score (nSPS) is 11.4. The molecule has 4 rings (SSSR count). The van der Waals surface area contributed by atoms with Crippen LogP contribution in [0, 0.1) is 23.0 Å². The van der Waals surface area contributed by atoms with E-state index >= 15 is 0 Å². The lowest BCUT2D eigenvalue weighted by molar-refractivity contribution is -0.137. The predicted molar refractivity (Wildman–Crippen MR) is 124 cm³/mol. The minimum absolute atomic E-state index is 0.127. The fourth-order valence-corrected chi connectivity index (χ4v) is 4.86. The molecular weight excluding hydrogens is 547 g/mol. The second-order valence-electron chi connectivity index (χ2n) is 7.62. The van der Waals surface area contributed by atoms with Crippen LogP contribution in [0.25, 0.3) is 21.0 Å². The van der Waals surface area contributed by atoms with E-state index in [1.54, 1.807) is 0 Å². The summed E-state index contributed by atoms with van der Waals surface area (Å²) in [6.45, 7) is -0.594. The molecule has 0 radical (unpaired) electrons. The number of aromatic nitrogens is 1. The molecule has 37 heavy (non-hydrogen) atoms. The van der Waals surface area contributed by atoms with E-state index in [1.807, 2.05) is 0 Å². The molecule has 0 N–H and O–H groups in total. The topological polar surface area (TPSA) is 49.0 Å². The Hall–Kier alpha value is -3.82. The number of alkyl halides is 3. The summed E-state index contributed by atoms with van der Waals surface area (Å²) in [6.07, 6.45) is -5.05. The van der Waals surface area contributed by atoms with E-state index in [2.05, 4.69) is 0 Å². The summed E-state index contributed by atoms with van der Waals surface area (Å²) in [5, 5.41) is 7.84. The van der Waals surface area contributed by atoms with E-state index < -0.39 is 52.1 Å². The summed E-state index contributed by atoms with van der Waals surface area (Å²) >= 11 is 6.80. The van der Waals surface area contributed by atoms with Crippen molar-refractivity contribution >= 4 is 28.6 Å². The van der Waals surface area contributed by atoms with Gasteiger partial charge in [0, 0.05) is 16.5 Å². The van der Waals surface area contributed by atoms with Gasteiger partial charge < -0.3 is 4.57 Å². The van der Waals surface area contributed by atoms with E-state index in [0.717, 1.165) is 34.1 Å². The Morgan fingerprint density at radius 2 is 1.70 bits per heavy atom. The van der Waals surface area contributed by atoms with Crippen LogP contribution in [0.3, 0.4) is 0 Å². The van der Waals surface area contributed by atoms with E-state index in [0.29, 0.717) is 22.6 Å². The maximum Gasteiger partial charge on any atom is 0.417 e. The summed E-state index contributed by atoms with van der Waals surface area (Å²) < 4.78 is 95.3. The number of rotatable bonds is 5. The van der Waals surface area contributed by atoms with Gasteiger partial charge in [-0.3, -0.25) is 4.79 Å². The van der Waals surface area contributed by atoms with Crippen LogP contribution in [0.5, 0.6) is 0 Å².